The number of ether oxygens (including phenoxy) is 2. The molecule has 21 heavy (non-hydrogen) atoms. The Balaban J connectivity index is 2.40. The molecule has 0 amide bonds. The second-order valence-corrected chi connectivity index (χ2v) is 4.38. The van der Waals surface area contributed by atoms with Crippen molar-refractivity contribution in [1.82, 2.24) is 9.89 Å². The van der Waals surface area contributed by atoms with Crippen LogP contribution in [0.2, 0.25) is 0 Å². The van der Waals surface area contributed by atoms with Gasteiger partial charge in [-0.25, -0.2) is 4.79 Å². The number of carbonyl (C=O) groups is 1. The molecule has 0 aliphatic rings. The first-order chi connectivity index (χ1) is 10.0. The Morgan fingerprint density at radius 2 is 2.05 bits per heavy atom. The summed E-state index contributed by atoms with van der Waals surface area (Å²) in [5.74, 6) is -1.01. The molecule has 0 radical (unpaired) electrons. The molecule has 0 spiro atoms. The average molecular weight is 291 g/mol. The SMILES string of the molecule is COC(C)Oc1c(C(=O)O)c(C)nn1Nc1ccccc1. The lowest BCUT2D eigenvalue weighted by Gasteiger charge is -2.15. The lowest BCUT2D eigenvalue weighted by Crippen LogP contribution is -2.20. The van der Waals surface area contributed by atoms with Crippen molar-refractivity contribution in [3.05, 3.63) is 41.6 Å². The van der Waals surface area contributed by atoms with Gasteiger partial charge in [-0.15, -0.1) is 4.79 Å². The Bertz CT molecular complexity index is 625. The topological polar surface area (TPSA) is 85.6 Å². The van der Waals surface area contributed by atoms with Crippen molar-refractivity contribution in [2.75, 3.05) is 12.5 Å². The van der Waals surface area contributed by atoms with Crippen LogP contribution in [0, 0.1) is 6.92 Å². The van der Waals surface area contributed by atoms with Crippen molar-refractivity contribution in [3.63, 3.8) is 0 Å². The number of anilines is 1. The second kappa shape index (κ2) is 6.27. The largest absolute Gasteiger partial charge is 0.477 e. The molecular weight excluding hydrogens is 274 g/mol. The summed E-state index contributed by atoms with van der Waals surface area (Å²) < 4.78 is 10.5. The highest BCUT2D eigenvalue weighted by Gasteiger charge is 2.24. The van der Waals surface area contributed by atoms with E-state index in [0.717, 1.165) is 5.69 Å². The molecule has 2 rings (SSSR count). The monoisotopic (exact) mass is 291 g/mol. The Kier molecular flexibility index (Phi) is 4.44. The summed E-state index contributed by atoms with van der Waals surface area (Å²) in [7, 11) is 1.48. The van der Waals surface area contributed by atoms with Gasteiger partial charge >= 0.3 is 5.97 Å². The van der Waals surface area contributed by atoms with Gasteiger partial charge in [0.25, 0.3) is 0 Å². The minimum absolute atomic E-state index is 0.00216. The molecule has 0 bridgehead atoms. The number of hydrogen-bond donors (Lipinski definition) is 2. The van der Waals surface area contributed by atoms with Crippen LogP contribution >= 0.6 is 0 Å². The Hall–Kier alpha value is -2.54. The smallest absolute Gasteiger partial charge is 0.343 e. The number of rotatable bonds is 6. The molecule has 7 nitrogen and oxygen atoms in total. The summed E-state index contributed by atoms with van der Waals surface area (Å²) in [6.07, 6.45) is -0.601. The number of aromatic nitrogens is 2. The third-order valence-corrected chi connectivity index (χ3v) is 2.85. The molecule has 1 aromatic heterocycles. The molecule has 0 aliphatic heterocycles. The number of aromatic carboxylic acids is 1. The molecule has 0 fully saturated rings. The molecule has 2 N–H and O–H groups in total. The molecular formula is C14H17N3O4. The quantitative estimate of drug-likeness (QED) is 0.793. The minimum Gasteiger partial charge on any atom is -0.477 e. The van der Waals surface area contributed by atoms with E-state index in [1.165, 1.54) is 11.9 Å². The van der Waals surface area contributed by atoms with Crippen LogP contribution < -0.4 is 10.2 Å². The van der Waals surface area contributed by atoms with Gasteiger partial charge in [-0.05, 0) is 26.0 Å². The van der Waals surface area contributed by atoms with E-state index < -0.39 is 12.3 Å². The van der Waals surface area contributed by atoms with E-state index in [1.807, 2.05) is 30.3 Å². The molecule has 112 valence electrons. The fourth-order valence-corrected chi connectivity index (χ4v) is 1.78. The van der Waals surface area contributed by atoms with E-state index in [1.54, 1.807) is 13.8 Å². The van der Waals surface area contributed by atoms with Gasteiger partial charge in [0.1, 0.15) is 5.56 Å². The summed E-state index contributed by atoms with van der Waals surface area (Å²) in [5, 5.41) is 13.5. The van der Waals surface area contributed by atoms with Crippen LogP contribution in [0.3, 0.4) is 0 Å². The second-order valence-electron chi connectivity index (χ2n) is 4.38. The van der Waals surface area contributed by atoms with Gasteiger partial charge in [-0.3, -0.25) is 5.43 Å². The number of benzene rings is 1. The minimum atomic E-state index is -1.10. The van der Waals surface area contributed by atoms with Gasteiger partial charge in [0, 0.05) is 7.11 Å². The van der Waals surface area contributed by atoms with E-state index in [0.29, 0.717) is 5.69 Å². The van der Waals surface area contributed by atoms with Crippen molar-refractivity contribution < 1.29 is 19.4 Å². The number of nitrogens with one attached hydrogen (secondary N) is 1. The van der Waals surface area contributed by atoms with Crippen LogP contribution in [-0.2, 0) is 4.74 Å². The van der Waals surface area contributed by atoms with Gasteiger partial charge in [0.15, 0.2) is 6.29 Å². The predicted octanol–water partition coefficient (Wildman–Crippen LogP) is 2.14. The zero-order valence-corrected chi connectivity index (χ0v) is 12.0. The van der Waals surface area contributed by atoms with E-state index in [-0.39, 0.29) is 11.4 Å². The molecule has 0 aliphatic carbocycles. The molecule has 0 saturated carbocycles. The Morgan fingerprint density at radius 3 is 2.62 bits per heavy atom. The molecule has 1 atom stereocenters. The number of aryl methyl sites for hydroxylation is 1. The normalized spacial score (nSPS) is 12.0. The number of carboxylic acids is 1. The lowest BCUT2D eigenvalue weighted by molar-refractivity contribution is -0.0433. The third kappa shape index (κ3) is 3.32. The van der Waals surface area contributed by atoms with Crippen LogP contribution in [0.25, 0.3) is 0 Å². The van der Waals surface area contributed by atoms with Crippen LogP contribution in [0.4, 0.5) is 5.69 Å². The number of hydrogen-bond acceptors (Lipinski definition) is 5. The van der Waals surface area contributed by atoms with Crippen molar-refractivity contribution in [2.24, 2.45) is 0 Å². The zero-order chi connectivity index (χ0) is 15.4. The highest BCUT2D eigenvalue weighted by atomic mass is 16.7. The van der Waals surface area contributed by atoms with Crippen molar-refractivity contribution in [2.45, 2.75) is 20.1 Å². The number of para-hydroxylation sites is 1. The van der Waals surface area contributed by atoms with Crippen molar-refractivity contribution >= 4 is 11.7 Å². The van der Waals surface area contributed by atoms with Crippen molar-refractivity contribution in [1.29, 1.82) is 0 Å². The fraction of sp³-hybridized carbons (Fsp3) is 0.286. The van der Waals surface area contributed by atoms with Gasteiger partial charge in [0.05, 0.1) is 11.4 Å². The van der Waals surface area contributed by atoms with Gasteiger partial charge < -0.3 is 14.6 Å². The van der Waals surface area contributed by atoms with Crippen LogP contribution in [0.5, 0.6) is 5.88 Å². The highest BCUT2D eigenvalue weighted by Crippen LogP contribution is 2.24. The number of nitrogens with zero attached hydrogens (tertiary/aromatic N) is 2. The van der Waals surface area contributed by atoms with E-state index in [9.17, 15) is 9.90 Å². The van der Waals surface area contributed by atoms with Crippen molar-refractivity contribution in [3.8, 4) is 5.88 Å². The lowest BCUT2D eigenvalue weighted by atomic mass is 10.2. The van der Waals surface area contributed by atoms with Gasteiger partial charge in [0.2, 0.25) is 5.88 Å². The maximum absolute atomic E-state index is 11.4. The predicted molar refractivity (Wildman–Crippen MR) is 76.5 cm³/mol. The van der Waals surface area contributed by atoms with Crippen LogP contribution in [0.15, 0.2) is 30.3 Å². The average Bonchev–Trinajstić information content (AvgIpc) is 2.75. The standard InChI is InChI=1S/C14H17N3O4/c1-9-12(14(18)19)13(21-10(2)20-3)17(15-9)16-11-7-5-4-6-8-11/h4-8,10,16H,1-3H3,(H,18,19). The first-order valence-electron chi connectivity index (χ1n) is 6.37. The maximum atomic E-state index is 11.4. The molecule has 0 saturated heterocycles. The zero-order valence-electron chi connectivity index (χ0n) is 12.0. The molecule has 1 unspecified atom stereocenters. The maximum Gasteiger partial charge on any atom is 0.343 e. The molecule has 2 aromatic rings. The van der Waals surface area contributed by atoms with Crippen LogP contribution in [-0.4, -0.2) is 34.4 Å². The first-order valence-corrected chi connectivity index (χ1v) is 6.37. The molecule has 1 heterocycles. The molecule has 7 heteroatoms. The van der Waals surface area contributed by atoms with Crippen LogP contribution in [0.1, 0.15) is 23.0 Å². The number of carboxylic acid groups (broad SMARTS) is 1. The number of methoxy groups -OCH3 is 1. The Morgan fingerprint density at radius 1 is 1.38 bits per heavy atom. The van der Waals surface area contributed by atoms with E-state index >= 15 is 0 Å². The van der Waals surface area contributed by atoms with Gasteiger partial charge in [-0.1, -0.05) is 18.2 Å². The summed E-state index contributed by atoms with van der Waals surface area (Å²) in [6.45, 7) is 3.28. The summed E-state index contributed by atoms with van der Waals surface area (Å²) in [5.41, 5.74) is 4.09. The highest BCUT2D eigenvalue weighted by molar-refractivity contribution is 5.91. The summed E-state index contributed by atoms with van der Waals surface area (Å²) >= 11 is 0. The third-order valence-electron chi connectivity index (χ3n) is 2.85. The Labute approximate surface area is 122 Å². The van der Waals surface area contributed by atoms with E-state index in [4.69, 9.17) is 9.47 Å². The van der Waals surface area contributed by atoms with E-state index in [2.05, 4.69) is 10.5 Å². The molecule has 1 aromatic carbocycles. The van der Waals surface area contributed by atoms with Gasteiger partial charge in [-0.2, -0.15) is 5.10 Å². The summed E-state index contributed by atoms with van der Waals surface area (Å²) in [4.78, 5) is 12.7. The fourth-order valence-electron chi connectivity index (χ4n) is 1.78. The first kappa shape index (κ1) is 14.9. The summed E-state index contributed by atoms with van der Waals surface area (Å²) in [6, 6.07) is 9.26.